The van der Waals surface area contributed by atoms with Crippen LogP contribution >= 0.6 is 0 Å². The molecule has 0 amide bonds. The molecule has 0 aliphatic rings. The fourth-order valence-electron chi connectivity index (χ4n) is 2.01. The first-order valence-corrected chi connectivity index (χ1v) is 6.53. The van der Waals surface area contributed by atoms with Gasteiger partial charge in [-0.15, -0.1) is 5.11 Å². The summed E-state index contributed by atoms with van der Waals surface area (Å²) in [6, 6.07) is 22.3. The molecule has 3 rings (SSSR count). The summed E-state index contributed by atoms with van der Waals surface area (Å²) in [4.78, 5) is 0. The molecule has 0 fully saturated rings. The number of rotatable bonds is 3. The summed E-state index contributed by atoms with van der Waals surface area (Å²) >= 11 is 0. The van der Waals surface area contributed by atoms with Gasteiger partial charge >= 0.3 is 0 Å². The quantitative estimate of drug-likeness (QED) is 0.506. The Morgan fingerprint density at radius 3 is 2.35 bits per heavy atom. The first-order chi connectivity index (χ1) is 9.81. The number of hydrogen-bond donors (Lipinski definition) is 1. The third kappa shape index (κ3) is 2.83. The first kappa shape index (κ1) is 12.4. The average molecular weight is 261 g/mol. The van der Waals surface area contributed by atoms with Gasteiger partial charge in [-0.2, -0.15) is 0 Å². The van der Waals surface area contributed by atoms with E-state index in [4.69, 9.17) is 0 Å². The molecule has 3 heteroatoms. The number of nitrogens with zero attached hydrogens (tertiary/aromatic N) is 2. The second-order valence-electron chi connectivity index (χ2n) is 4.71. The molecule has 0 saturated heterocycles. The third-order valence-electron chi connectivity index (χ3n) is 3.13. The Hall–Kier alpha value is -2.68. The second-order valence-corrected chi connectivity index (χ2v) is 4.71. The maximum Gasteiger partial charge on any atom is 0.0874 e. The lowest BCUT2D eigenvalue weighted by atomic mass is 10.1. The molecule has 20 heavy (non-hydrogen) atoms. The Morgan fingerprint density at radius 1 is 0.800 bits per heavy atom. The summed E-state index contributed by atoms with van der Waals surface area (Å²) in [5.74, 6) is 0. The fraction of sp³-hybridized carbons (Fsp3) is 0.0588. The Balaban J connectivity index is 1.74. The summed E-state index contributed by atoms with van der Waals surface area (Å²) in [7, 11) is 0. The molecule has 0 bridgehead atoms. The van der Waals surface area contributed by atoms with Crippen molar-refractivity contribution in [2.24, 2.45) is 10.3 Å². The van der Waals surface area contributed by atoms with Gasteiger partial charge in [0.05, 0.1) is 11.4 Å². The van der Waals surface area contributed by atoms with Gasteiger partial charge in [0.2, 0.25) is 0 Å². The monoisotopic (exact) mass is 261 g/mol. The van der Waals surface area contributed by atoms with E-state index in [-0.39, 0.29) is 0 Å². The maximum atomic E-state index is 4.14. The Bertz CT molecular complexity index is 746. The van der Waals surface area contributed by atoms with Crippen LogP contribution < -0.4 is 5.43 Å². The molecule has 0 atom stereocenters. The predicted octanol–water partition coefficient (Wildman–Crippen LogP) is 5.26. The van der Waals surface area contributed by atoms with Gasteiger partial charge in [-0.1, -0.05) is 53.3 Å². The van der Waals surface area contributed by atoms with Crippen LogP contribution in [0.3, 0.4) is 0 Å². The van der Waals surface area contributed by atoms with Gasteiger partial charge in [0.25, 0.3) is 0 Å². The Kier molecular flexibility index (Phi) is 3.42. The van der Waals surface area contributed by atoms with Gasteiger partial charge in [0.1, 0.15) is 0 Å². The molecule has 0 aromatic heterocycles. The summed E-state index contributed by atoms with van der Waals surface area (Å²) in [5.41, 5.74) is 5.94. The van der Waals surface area contributed by atoms with Crippen molar-refractivity contribution in [2.75, 3.05) is 5.43 Å². The SMILES string of the molecule is Cc1ccc(N=NNc2ccc3ccccc3c2)cc1. The smallest absolute Gasteiger partial charge is 0.0874 e. The molecule has 3 aromatic carbocycles. The van der Waals surface area contributed by atoms with Gasteiger partial charge in [0.15, 0.2) is 0 Å². The van der Waals surface area contributed by atoms with Gasteiger partial charge in [-0.05, 0) is 42.0 Å². The van der Waals surface area contributed by atoms with Gasteiger partial charge in [0, 0.05) is 0 Å². The number of hydrogen-bond acceptors (Lipinski definition) is 2. The minimum atomic E-state index is 0.837. The Labute approximate surface area is 118 Å². The van der Waals surface area contributed by atoms with E-state index >= 15 is 0 Å². The highest BCUT2D eigenvalue weighted by molar-refractivity contribution is 5.85. The molecule has 0 radical (unpaired) electrons. The van der Waals surface area contributed by atoms with E-state index < -0.39 is 0 Å². The molecule has 0 saturated carbocycles. The summed E-state index contributed by atoms with van der Waals surface area (Å²) in [6.07, 6.45) is 0. The maximum absolute atomic E-state index is 4.14. The molecular formula is C17H15N3. The lowest BCUT2D eigenvalue weighted by molar-refractivity contribution is 1.13. The highest BCUT2D eigenvalue weighted by Crippen LogP contribution is 2.19. The van der Waals surface area contributed by atoms with E-state index in [0.29, 0.717) is 0 Å². The van der Waals surface area contributed by atoms with Crippen molar-refractivity contribution >= 4 is 22.1 Å². The molecule has 0 unspecified atom stereocenters. The molecule has 0 spiro atoms. The van der Waals surface area contributed by atoms with Crippen molar-refractivity contribution in [1.29, 1.82) is 0 Å². The zero-order valence-electron chi connectivity index (χ0n) is 11.2. The van der Waals surface area contributed by atoms with E-state index in [2.05, 4.69) is 40.0 Å². The summed E-state index contributed by atoms with van der Waals surface area (Å²) in [6.45, 7) is 2.05. The second kappa shape index (κ2) is 5.53. The number of aryl methyl sites for hydroxylation is 1. The molecule has 0 aliphatic carbocycles. The van der Waals surface area contributed by atoms with Crippen molar-refractivity contribution in [2.45, 2.75) is 6.92 Å². The van der Waals surface area contributed by atoms with E-state index in [0.717, 1.165) is 11.4 Å². The molecular weight excluding hydrogens is 246 g/mol. The molecule has 3 aromatic rings. The van der Waals surface area contributed by atoms with E-state index in [1.807, 2.05) is 49.4 Å². The highest BCUT2D eigenvalue weighted by atomic mass is 15.4. The molecule has 0 heterocycles. The van der Waals surface area contributed by atoms with Crippen molar-refractivity contribution in [3.63, 3.8) is 0 Å². The molecule has 1 N–H and O–H groups in total. The lowest BCUT2D eigenvalue weighted by Gasteiger charge is -2.02. The standard InChI is InChI=1S/C17H15N3/c1-13-6-9-16(10-7-13)18-20-19-17-11-8-14-4-2-3-5-15(14)12-17/h2-12H,1H3,(H,18,19). The van der Waals surface area contributed by atoms with Crippen molar-refractivity contribution in [3.8, 4) is 0 Å². The minimum Gasteiger partial charge on any atom is -0.260 e. The van der Waals surface area contributed by atoms with Crippen LogP contribution in [0.1, 0.15) is 5.56 Å². The van der Waals surface area contributed by atoms with Crippen LogP contribution in [0.5, 0.6) is 0 Å². The number of anilines is 1. The molecule has 0 aliphatic heterocycles. The van der Waals surface area contributed by atoms with Gasteiger partial charge < -0.3 is 0 Å². The van der Waals surface area contributed by atoms with E-state index in [1.165, 1.54) is 16.3 Å². The van der Waals surface area contributed by atoms with Crippen LogP contribution in [0.4, 0.5) is 11.4 Å². The zero-order chi connectivity index (χ0) is 13.8. The summed E-state index contributed by atoms with van der Waals surface area (Å²) < 4.78 is 0. The van der Waals surface area contributed by atoms with Crippen LogP contribution in [-0.4, -0.2) is 0 Å². The zero-order valence-corrected chi connectivity index (χ0v) is 11.2. The van der Waals surface area contributed by atoms with Crippen molar-refractivity contribution in [1.82, 2.24) is 0 Å². The minimum absolute atomic E-state index is 0.837. The first-order valence-electron chi connectivity index (χ1n) is 6.53. The normalized spacial score (nSPS) is 11.1. The van der Waals surface area contributed by atoms with Crippen molar-refractivity contribution < 1.29 is 0 Å². The van der Waals surface area contributed by atoms with Crippen LogP contribution in [-0.2, 0) is 0 Å². The average Bonchev–Trinajstić information content (AvgIpc) is 2.49. The lowest BCUT2D eigenvalue weighted by Crippen LogP contribution is -1.86. The third-order valence-corrected chi connectivity index (χ3v) is 3.13. The van der Waals surface area contributed by atoms with Crippen LogP contribution in [0, 0.1) is 6.92 Å². The van der Waals surface area contributed by atoms with Crippen LogP contribution in [0.25, 0.3) is 10.8 Å². The van der Waals surface area contributed by atoms with Gasteiger partial charge in [-0.3, -0.25) is 5.43 Å². The van der Waals surface area contributed by atoms with E-state index in [1.54, 1.807) is 0 Å². The van der Waals surface area contributed by atoms with Crippen molar-refractivity contribution in [3.05, 3.63) is 72.3 Å². The molecule has 98 valence electrons. The number of fused-ring (bicyclic) bond motifs is 1. The topological polar surface area (TPSA) is 36.8 Å². The number of nitrogens with one attached hydrogen (secondary N) is 1. The largest absolute Gasteiger partial charge is 0.260 e. The molecule has 3 nitrogen and oxygen atoms in total. The summed E-state index contributed by atoms with van der Waals surface area (Å²) in [5, 5.41) is 10.6. The van der Waals surface area contributed by atoms with Crippen LogP contribution in [0.15, 0.2) is 77.1 Å². The Morgan fingerprint density at radius 2 is 1.55 bits per heavy atom. The fourth-order valence-corrected chi connectivity index (χ4v) is 2.01. The highest BCUT2D eigenvalue weighted by Gasteiger charge is 1.94. The van der Waals surface area contributed by atoms with Gasteiger partial charge in [-0.25, -0.2) is 0 Å². The predicted molar refractivity (Wildman–Crippen MR) is 83.3 cm³/mol. The van der Waals surface area contributed by atoms with E-state index in [9.17, 15) is 0 Å². The number of benzene rings is 3. The van der Waals surface area contributed by atoms with Crippen LogP contribution in [0.2, 0.25) is 0 Å².